The van der Waals surface area contributed by atoms with Crippen molar-refractivity contribution in [2.45, 2.75) is 13.0 Å². The van der Waals surface area contributed by atoms with Crippen LogP contribution in [0.3, 0.4) is 0 Å². The van der Waals surface area contributed by atoms with Gasteiger partial charge in [-0.05, 0) is 55.5 Å². The van der Waals surface area contributed by atoms with E-state index in [1.807, 2.05) is 0 Å². The monoisotopic (exact) mass is 313 g/mol. The number of ether oxygens (including phenoxy) is 1. The largest absolute Gasteiger partial charge is 0.481 e. The maximum Gasteiger partial charge on any atom is 0.335 e. The zero-order valence-electron chi connectivity index (χ0n) is 12.4. The van der Waals surface area contributed by atoms with Gasteiger partial charge in [-0.2, -0.15) is 0 Å². The Kier molecular flexibility index (Phi) is 5.09. The van der Waals surface area contributed by atoms with Crippen LogP contribution in [0.5, 0.6) is 5.75 Å². The third-order valence-electron chi connectivity index (χ3n) is 3.10. The number of hydrogen-bond acceptors (Lipinski definition) is 4. The predicted octanol–water partition coefficient (Wildman–Crippen LogP) is 2.60. The molecule has 1 unspecified atom stereocenters. The molecule has 0 saturated heterocycles. The van der Waals surface area contributed by atoms with Crippen LogP contribution in [0.15, 0.2) is 48.5 Å². The van der Waals surface area contributed by atoms with Gasteiger partial charge < -0.3 is 15.2 Å². The van der Waals surface area contributed by atoms with Gasteiger partial charge in [0.25, 0.3) is 5.91 Å². The first-order valence-electron chi connectivity index (χ1n) is 6.85. The van der Waals surface area contributed by atoms with Crippen LogP contribution >= 0.6 is 0 Å². The van der Waals surface area contributed by atoms with E-state index < -0.39 is 12.1 Å². The molecule has 0 saturated carbocycles. The summed E-state index contributed by atoms with van der Waals surface area (Å²) in [5.41, 5.74) is 1.14. The van der Waals surface area contributed by atoms with Gasteiger partial charge in [-0.1, -0.05) is 0 Å². The fourth-order valence-electron chi connectivity index (χ4n) is 1.82. The van der Waals surface area contributed by atoms with Crippen LogP contribution in [0.2, 0.25) is 0 Å². The van der Waals surface area contributed by atoms with Crippen molar-refractivity contribution in [1.29, 1.82) is 0 Å². The van der Waals surface area contributed by atoms with Crippen molar-refractivity contribution in [3.63, 3.8) is 0 Å². The molecule has 2 aromatic rings. The number of carboxylic acids is 1. The molecule has 0 bridgehead atoms. The summed E-state index contributed by atoms with van der Waals surface area (Å²) in [6.45, 7) is 1.59. The smallest absolute Gasteiger partial charge is 0.335 e. The third kappa shape index (κ3) is 4.41. The standard InChI is InChI=1S/C17H15NO5/c1-11(23-15-8-2-12(10-19)3-9-15)16(20)18-14-6-4-13(5-7-14)17(21)22/h2-11H,1H3,(H,18,20)(H,21,22). The minimum atomic E-state index is -1.03. The molecule has 0 aromatic heterocycles. The molecular formula is C17H15NO5. The van der Waals surface area contributed by atoms with Crippen molar-refractivity contribution in [1.82, 2.24) is 0 Å². The van der Waals surface area contributed by atoms with Crippen molar-refractivity contribution < 1.29 is 24.2 Å². The van der Waals surface area contributed by atoms with E-state index in [0.29, 0.717) is 17.0 Å². The fourth-order valence-corrected chi connectivity index (χ4v) is 1.82. The Bertz CT molecular complexity index is 707. The average molecular weight is 313 g/mol. The van der Waals surface area contributed by atoms with Crippen molar-refractivity contribution in [2.24, 2.45) is 0 Å². The zero-order chi connectivity index (χ0) is 16.8. The van der Waals surface area contributed by atoms with Gasteiger partial charge in [-0.15, -0.1) is 0 Å². The Morgan fingerprint density at radius 3 is 2.22 bits per heavy atom. The lowest BCUT2D eigenvalue weighted by Crippen LogP contribution is -2.30. The van der Waals surface area contributed by atoms with Crippen LogP contribution in [0.25, 0.3) is 0 Å². The molecule has 0 spiro atoms. The Labute approximate surface area is 132 Å². The second-order valence-electron chi connectivity index (χ2n) is 4.82. The molecule has 2 N–H and O–H groups in total. The summed E-state index contributed by atoms with van der Waals surface area (Å²) in [5.74, 6) is -0.926. The number of aromatic carboxylic acids is 1. The molecule has 0 aliphatic carbocycles. The van der Waals surface area contributed by atoms with Gasteiger partial charge in [0.2, 0.25) is 0 Å². The van der Waals surface area contributed by atoms with E-state index in [1.54, 1.807) is 31.2 Å². The lowest BCUT2D eigenvalue weighted by Gasteiger charge is -2.15. The highest BCUT2D eigenvalue weighted by molar-refractivity contribution is 5.95. The maximum atomic E-state index is 12.1. The van der Waals surface area contributed by atoms with Crippen LogP contribution in [-0.2, 0) is 4.79 Å². The van der Waals surface area contributed by atoms with E-state index in [2.05, 4.69) is 5.32 Å². The van der Waals surface area contributed by atoms with Gasteiger partial charge >= 0.3 is 5.97 Å². The van der Waals surface area contributed by atoms with Crippen LogP contribution in [0, 0.1) is 0 Å². The van der Waals surface area contributed by atoms with Crippen LogP contribution in [0.4, 0.5) is 5.69 Å². The Morgan fingerprint density at radius 2 is 1.70 bits per heavy atom. The Hall–Kier alpha value is -3.15. The quantitative estimate of drug-likeness (QED) is 0.800. The summed E-state index contributed by atoms with van der Waals surface area (Å²) >= 11 is 0. The van der Waals surface area contributed by atoms with E-state index in [1.165, 1.54) is 24.3 Å². The maximum absolute atomic E-state index is 12.1. The second kappa shape index (κ2) is 7.22. The fraction of sp³-hybridized carbons (Fsp3) is 0.118. The van der Waals surface area contributed by atoms with Crippen LogP contribution in [0.1, 0.15) is 27.6 Å². The van der Waals surface area contributed by atoms with Gasteiger partial charge in [-0.3, -0.25) is 9.59 Å². The minimum Gasteiger partial charge on any atom is -0.481 e. The molecule has 118 valence electrons. The molecule has 0 heterocycles. The van der Waals surface area contributed by atoms with E-state index >= 15 is 0 Å². The molecular weight excluding hydrogens is 298 g/mol. The summed E-state index contributed by atoms with van der Waals surface area (Å²) in [4.78, 5) is 33.4. The van der Waals surface area contributed by atoms with Crippen LogP contribution < -0.4 is 10.1 Å². The predicted molar refractivity (Wildman–Crippen MR) is 84.0 cm³/mol. The molecule has 0 fully saturated rings. The molecule has 6 nitrogen and oxygen atoms in total. The molecule has 1 amide bonds. The molecule has 0 aliphatic rings. The normalized spacial score (nSPS) is 11.3. The Balaban J connectivity index is 1.96. The topological polar surface area (TPSA) is 92.7 Å². The van der Waals surface area contributed by atoms with Gasteiger partial charge in [0.1, 0.15) is 12.0 Å². The summed E-state index contributed by atoms with van der Waals surface area (Å²) in [6.07, 6.45) is -0.0306. The van der Waals surface area contributed by atoms with Gasteiger partial charge in [0.05, 0.1) is 5.56 Å². The lowest BCUT2D eigenvalue weighted by molar-refractivity contribution is -0.122. The van der Waals surface area contributed by atoms with E-state index in [-0.39, 0.29) is 11.5 Å². The number of amides is 1. The van der Waals surface area contributed by atoms with Crippen molar-refractivity contribution >= 4 is 23.9 Å². The van der Waals surface area contributed by atoms with Crippen molar-refractivity contribution in [3.8, 4) is 5.75 Å². The first-order valence-corrected chi connectivity index (χ1v) is 6.85. The molecule has 2 aromatic carbocycles. The van der Waals surface area contributed by atoms with Gasteiger partial charge in [-0.25, -0.2) is 4.79 Å². The lowest BCUT2D eigenvalue weighted by atomic mass is 10.2. The second-order valence-corrected chi connectivity index (χ2v) is 4.82. The summed E-state index contributed by atoms with van der Waals surface area (Å²) < 4.78 is 5.49. The molecule has 0 radical (unpaired) electrons. The molecule has 1 atom stereocenters. The number of rotatable bonds is 6. The number of nitrogens with one attached hydrogen (secondary N) is 1. The highest BCUT2D eigenvalue weighted by Crippen LogP contribution is 2.15. The average Bonchev–Trinajstić information content (AvgIpc) is 2.56. The van der Waals surface area contributed by atoms with Crippen molar-refractivity contribution in [2.75, 3.05) is 5.32 Å². The highest BCUT2D eigenvalue weighted by atomic mass is 16.5. The molecule has 2 rings (SSSR count). The van der Waals surface area contributed by atoms with E-state index in [4.69, 9.17) is 9.84 Å². The van der Waals surface area contributed by atoms with Gasteiger partial charge in [0, 0.05) is 11.3 Å². The number of aldehydes is 1. The first-order chi connectivity index (χ1) is 11.0. The summed E-state index contributed by atoms with van der Waals surface area (Å²) in [6, 6.07) is 12.2. The molecule has 0 aliphatic heterocycles. The Morgan fingerprint density at radius 1 is 1.09 bits per heavy atom. The number of carbonyl (C=O) groups is 3. The number of hydrogen-bond donors (Lipinski definition) is 2. The van der Waals surface area contributed by atoms with E-state index in [9.17, 15) is 14.4 Å². The summed E-state index contributed by atoms with van der Waals surface area (Å²) in [5, 5.41) is 11.5. The number of carboxylic acid groups (broad SMARTS) is 1. The van der Waals surface area contributed by atoms with Gasteiger partial charge in [0.15, 0.2) is 6.10 Å². The summed E-state index contributed by atoms with van der Waals surface area (Å²) in [7, 11) is 0. The van der Waals surface area contributed by atoms with Crippen molar-refractivity contribution in [3.05, 3.63) is 59.7 Å². The highest BCUT2D eigenvalue weighted by Gasteiger charge is 2.15. The molecule has 6 heteroatoms. The first kappa shape index (κ1) is 16.2. The molecule has 23 heavy (non-hydrogen) atoms. The minimum absolute atomic E-state index is 0.141. The number of carbonyl (C=O) groups excluding carboxylic acids is 2. The third-order valence-corrected chi connectivity index (χ3v) is 3.10. The van der Waals surface area contributed by atoms with E-state index in [0.717, 1.165) is 6.29 Å². The van der Waals surface area contributed by atoms with Crippen LogP contribution in [-0.4, -0.2) is 29.4 Å². The number of anilines is 1. The number of benzene rings is 2. The zero-order valence-corrected chi connectivity index (χ0v) is 12.4. The SMILES string of the molecule is CC(Oc1ccc(C=O)cc1)C(=O)Nc1ccc(C(=O)O)cc1.